The lowest BCUT2D eigenvalue weighted by molar-refractivity contribution is -0.133. The van der Waals surface area contributed by atoms with E-state index in [2.05, 4.69) is 9.97 Å². The van der Waals surface area contributed by atoms with Gasteiger partial charge in [-0.3, -0.25) is 4.79 Å². The maximum atomic E-state index is 10.6. The topological polar surface area (TPSA) is 75.2 Å². The number of fused-ring (bicyclic) bond motifs is 3. The first-order chi connectivity index (χ1) is 9.17. The van der Waals surface area contributed by atoms with E-state index in [9.17, 15) is 4.79 Å². The molecule has 0 atom stereocenters. The Morgan fingerprint density at radius 2 is 2.42 bits per heavy atom. The molecule has 0 aliphatic heterocycles. The second kappa shape index (κ2) is 4.62. The van der Waals surface area contributed by atoms with Crippen molar-refractivity contribution in [3.63, 3.8) is 0 Å². The van der Waals surface area contributed by atoms with Crippen LogP contribution in [0.5, 0.6) is 5.75 Å². The van der Waals surface area contributed by atoms with Crippen molar-refractivity contribution in [2.24, 2.45) is 0 Å². The summed E-state index contributed by atoms with van der Waals surface area (Å²) >= 11 is 1.20. The normalized spacial score (nSPS) is 12.1. The molecule has 2 N–H and O–H groups in total. The van der Waals surface area contributed by atoms with Crippen LogP contribution in [0.2, 0.25) is 0 Å². The predicted octanol–water partition coefficient (Wildman–Crippen LogP) is 2.17. The molecule has 0 amide bonds. The lowest BCUT2D eigenvalue weighted by Gasteiger charge is -2.03. The van der Waals surface area contributed by atoms with Gasteiger partial charge in [-0.05, 0) is 17.7 Å². The van der Waals surface area contributed by atoms with Crippen LogP contribution in [0, 0.1) is 0 Å². The van der Waals surface area contributed by atoms with Crippen LogP contribution in [0.3, 0.4) is 0 Å². The zero-order valence-electron chi connectivity index (χ0n) is 10.3. The zero-order valence-corrected chi connectivity index (χ0v) is 11.1. The molecule has 6 heteroatoms. The molecule has 98 valence electrons. The van der Waals surface area contributed by atoms with Crippen LogP contribution in [0.15, 0.2) is 23.4 Å². The summed E-state index contributed by atoms with van der Waals surface area (Å²) in [5.41, 5.74) is 4.22. The Balaban J connectivity index is 1.91. The number of benzene rings is 1. The van der Waals surface area contributed by atoms with Gasteiger partial charge in [0.25, 0.3) is 0 Å². The van der Waals surface area contributed by atoms with Crippen LogP contribution >= 0.6 is 11.8 Å². The maximum absolute atomic E-state index is 10.6. The Bertz CT molecular complexity index is 651. The highest BCUT2D eigenvalue weighted by Crippen LogP contribution is 2.38. The minimum absolute atomic E-state index is 0.0113. The molecule has 3 rings (SSSR count). The summed E-state index contributed by atoms with van der Waals surface area (Å²) in [5, 5.41) is 9.32. The van der Waals surface area contributed by atoms with E-state index >= 15 is 0 Å². The Labute approximate surface area is 114 Å². The number of H-pyrrole nitrogens is 1. The van der Waals surface area contributed by atoms with E-state index in [0.717, 1.165) is 29.1 Å². The van der Waals surface area contributed by atoms with Gasteiger partial charge in [-0.15, -0.1) is 0 Å². The summed E-state index contributed by atoms with van der Waals surface area (Å²) in [4.78, 5) is 18.2. The first kappa shape index (κ1) is 12.1. The third-order valence-electron chi connectivity index (χ3n) is 3.03. The molecule has 1 aliphatic carbocycles. The molecule has 1 heterocycles. The highest BCUT2D eigenvalue weighted by Gasteiger charge is 2.23. The minimum atomic E-state index is -0.844. The number of hydrogen-bond acceptors (Lipinski definition) is 4. The fraction of sp³-hybridized carbons (Fsp3) is 0.231. The Morgan fingerprint density at radius 1 is 1.58 bits per heavy atom. The number of ether oxygens (including phenoxy) is 1. The molecule has 1 aromatic heterocycles. The van der Waals surface area contributed by atoms with Gasteiger partial charge >= 0.3 is 5.97 Å². The second-order valence-corrected chi connectivity index (χ2v) is 5.22. The van der Waals surface area contributed by atoms with Crippen molar-refractivity contribution in [2.45, 2.75) is 11.6 Å². The van der Waals surface area contributed by atoms with Gasteiger partial charge in [0, 0.05) is 17.7 Å². The number of rotatable bonds is 4. The lowest BCUT2D eigenvalue weighted by atomic mass is 10.1. The van der Waals surface area contributed by atoms with Crippen molar-refractivity contribution in [1.82, 2.24) is 9.97 Å². The molecular weight excluding hydrogens is 264 g/mol. The third kappa shape index (κ3) is 2.19. The van der Waals surface area contributed by atoms with Crippen LogP contribution in [0.4, 0.5) is 0 Å². The monoisotopic (exact) mass is 276 g/mol. The molecule has 1 aliphatic rings. The molecule has 0 spiro atoms. The van der Waals surface area contributed by atoms with E-state index in [1.165, 1.54) is 17.3 Å². The number of nitrogens with one attached hydrogen (secondary N) is 1. The molecule has 19 heavy (non-hydrogen) atoms. The van der Waals surface area contributed by atoms with Gasteiger partial charge in [-0.25, -0.2) is 4.98 Å². The van der Waals surface area contributed by atoms with Crippen molar-refractivity contribution in [2.75, 3.05) is 12.9 Å². The van der Waals surface area contributed by atoms with E-state index in [0.29, 0.717) is 5.16 Å². The third-order valence-corrected chi connectivity index (χ3v) is 3.89. The van der Waals surface area contributed by atoms with Gasteiger partial charge in [0.1, 0.15) is 5.75 Å². The van der Waals surface area contributed by atoms with Crippen LogP contribution in [0.1, 0.15) is 11.3 Å². The first-order valence-electron chi connectivity index (χ1n) is 5.78. The second-order valence-electron chi connectivity index (χ2n) is 4.25. The molecule has 1 aromatic carbocycles. The first-order valence-corrected chi connectivity index (χ1v) is 6.76. The summed E-state index contributed by atoms with van der Waals surface area (Å²) in [6.45, 7) is 0. The summed E-state index contributed by atoms with van der Waals surface area (Å²) < 4.78 is 5.22. The predicted molar refractivity (Wildman–Crippen MR) is 71.7 cm³/mol. The fourth-order valence-electron chi connectivity index (χ4n) is 2.18. The number of carboxylic acid groups (broad SMARTS) is 1. The van der Waals surface area contributed by atoms with Crippen LogP contribution < -0.4 is 4.74 Å². The quantitative estimate of drug-likeness (QED) is 0.714. The maximum Gasteiger partial charge on any atom is 0.313 e. The van der Waals surface area contributed by atoms with Gasteiger partial charge in [0.05, 0.1) is 18.6 Å². The van der Waals surface area contributed by atoms with Crippen LogP contribution in [-0.2, 0) is 11.2 Å². The number of thioether (sulfide) groups is 1. The van der Waals surface area contributed by atoms with Crippen molar-refractivity contribution >= 4 is 17.7 Å². The molecule has 5 nitrogen and oxygen atoms in total. The number of aliphatic carboxylic acids is 1. The van der Waals surface area contributed by atoms with E-state index in [1.807, 2.05) is 18.2 Å². The number of carboxylic acids is 1. The van der Waals surface area contributed by atoms with E-state index in [-0.39, 0.29) is 5.75 Å². The molecule has 0 radical (unpaired) electrons. The molecule has 0 bridgehead atoms. The highest BCUT2D eigenvalue weighted by molar-refractivity contribution is 7.99. The lowest BCUT2D eigenvalue weighted by Crippen LogP contribution is -1.98. The fourth-order valence-corrected chi connectivity index (χ4v) is 2.79. The number of carbonyl (C=O) groups is 1. The highest BCUT2D eigenvalue weighted by atomic mass is 32.2. The van der Waals surface area contributed by atoms with Crippen LogP contribution in [-0.4, -0.2) is 33.9 Å². The summed E-state index contributed by atoms with van der Waals surface area (Å²) in [7, 11) is 1.64. The van der Waals surface area contributed by atoms with Gasteiger partial charge in [0.2, 0.25) is 0 Å². The summed E-state index contributed by atoms with van der Waals surface area (Å²) in [5.74, 6) is -0.0323. The van der Waals surface area contributed by atoms with E-state index in [4.69, 9.17) is 9.84 Å². The number of methoxy groups -OCH3 is 1. The van der Waals surface area contributed by atoms with Gasteiger partial charge in [-0.2, -0.15) is 0 Å². The Kier molecular flexibility index (Phi) is 2.94. The largest absolute Gasteiger partial charge is 0.497 e. The van der Waals surface area contributed by atoms with E-state index in [1.54, 1.807) is 7.11 Å². The Morgan fingerprint density at radius 3 is 3.16 bits per heavy atom. The molecular formula is C13H12N2O3S. The number of nitrogens with zero attached hydrogens (tertiary/aromatic N) is 1. The number of aromatic nitrogens is 2. The number of hydrogen-bond donors (Lipinski definition) is 2. The minimum Gasteiger partial charge on any atom is -0.497 e. The molecule has 0 saturated heterocycles. The molecule has 0 saturated carbocycles. The van der Waals surface area contributed by atoms with Gasteiger partial charge in [-0.1, -0.05) is 17.8 Å². The van der Waals surface area contributed by atoms with Crippen molar-refractivity contribution < 1.29 is 14.6 Å². The SMILES string of the molecule is COc1ccc2c(c1)-c1nc(SCC(=O)O)[nH]c1C2. The van der Waals surface area contributed by atoms with Crippen molar-refractivity contribution in [3.05, 3.63) is 29.5 Å². The molecule has 0 fully saturated rings. The average molecular weight is 276 g/mol. The smallest absolute Gasteiger partial charge is 0.313 e. The van der Waals surface area contributed by atoms with Crippen molar-refractivity contribution in [1.29, 1.82) is 0 Å². The molecule has 2 aromatic rings. The summed E-state index contributed by atoms with van der Waals surface area (Å²) in [6, 6.07) is 5.94. The number of aromatic amines is 1. The average Bonchev–Trinajstić information content (AvgIpc) is 2.92. The zero-order chi connectivity index (χ0) is 13.4. The molecule has 0 unspecified atom stereocenters. The van der Waals surface area contributed by atoms with Crippen molar-refractivity contribution in [3.8, 4) is 17.0 Å². The number of imidazole rings is 1. The standard InChI is InChI=1S/C13H12N2O3S/c1-18-8-3-2-7-4-10-12(9(7)5-8)15-13(14-10)19-6-11(16)17/h2-3,5H,4,6H2,1H3,(H,14,15)(H,16,17). The van der Waals surface area contributed by atoms with Gasteiger partial charge < -0.3 is 14.8 Å². The Hall–Kier alpha value is -1.95. The van der Waals surface area contributed by atoms with E-state index < -0.39 is 5.97 Å². The van der Waals surface area contributed by atoms with Gasteiger partial charge in [0.15, 0.2) is 5.16 Å². The van der Waals surface area contributed by atoms with Crippen LogP contribution in [0.25, 0.3) is 11.3 Å². The summed E-state index contributed by atoms with van der Waals surface area (Å²) in [6.07, 6.45) is 0.801.